The Morgan fingerprint density at radius 3 is 1.35 bits per heavy atom. The van der Waals surface area contributed by atoms with Crippen molar-refractivity contribution in [1.82, 2.24) is 0 Å². The second-order valence-electron chi connectivity index (χ2n) is 5.54. The molecule has 3 aromatic carbocycles. The molecule has 0 aliphatic rings. The van der Waals surface area contributed by atoms with Crippen LogP contribution in [0.3, 0.4) is 0 Å². The lowest BCUT2D eigenvalue weighted by atomic mass is 10.4. The van der Waals surface area contributed by atoms with Crippen molar-refractivity contribution in [1.29, 1.82) is 0 Å². The summed E-state index contributed by atoms with van der Waals surface area (Å²) in [6, 6.07) is 28.9. The lowest BCUT2D eigenvalue weighted by molar-refractivity contribution is -0.150. The predicted molar refractivity (Wildman–Crippen MR) is 105 cm³/mol. The molecule has 0 saturated heterocycles. The summed E-state index contributed by atoms with van der Waals surface area (Å²) in [5, 5.41) is 2.69. The molecule has 0 saturated carbocycles. The Labute approximate surface area is 152 Å². The number of carbonyl (C=O) groups excluding carboxylic acids is 2. The number of methoxy groups -OCH3 is 1. The van der Waals surface area contributed by atoms with E-state index in [0.29, 0.717) is 0 Å². The van der Waals surface area contributed by atoms with Crippen LogP contribution in [0, 0.1) is 0 Å². The molecule has 3 aromatic rings. The van der Waals surface area contributed by atoms with Gasteiger partial charge in [0.15, 0.2) is 0 Å². The summed E-state index contributed by atoms with van der Waals surface area (Å²) in [6.45, 7) is 0. The molecule has 0 fully saturated rings. The molecule has 0 spiro atoms. The van der Waals surface area contributed by atoms with Crippen LogP contribution in [0.1, 0.15) is 0 Å². The van der Waals surface area contributed by atoms with Crippen molar-refractivity contribution >= 4 is 34.8 Å². The molecule has 0 aliphatic carbocycles. The van der Waals surface area contributed by atoms with Gasteiger partial charge in [0.1, 0.15) is 0 Å². The van der Waals surface area contributed by atoms with Crippen LogP contribution in [0.25, 0.3) is 0 Å². The average Bonchev–Trinajstić information content (AvgIpc) is 2.73. The number of benzene rings is 3. The van der Waals surface area contributed by atoms with Gasteiger partial charge in [0.25, 0.3) is 0 Å². The summed E-state index contributed by atoms with van der Waals surface area (Å²) in [5.41, 5.74) is 0. The van der Waals surface area contributed by atoms with Gasteiger partial charge in [-0.15, -0.1) is 0 Å². The summed E-state index contributed by atoms with van der Waals surface area (Å²) in [4.78, 5) is 24.3. The first kappa shape index (κ1) is 17.8. The standard InChI is InChI=1S/C21H18NO3P/c1-25-21(24)20(23)22-26(17-11-5-2-6-12-17,18-13-7-3-8-14-18)19-15-9-4-10-16-19/h2-16H,1H3. The summed E-state index contributed by atoms with van der Waals surface area (Å²) in [7, 11) is -1.52. The van der Waals surface area contributed by atoms with E-state index in [0.717, 1.165) is 15.9 Å². The van der Waals surface area contributed by atoms with Gasteiger partial charge in [-0.2, -0.15) is 0 Å². The van der Waals surface area contributed by atoms with E-state index in [1.165, 1.54) is 7.11 Å². The molecule has 0 atom stereocenters. The van der Waals surface area contributed by atoms with Gasteiger partial charge < -0.3 is 4.74 Å². The molecule has 0 aliphatic heterocycles. The quantitative estimate of drug-likeness (QED) is 0.408. The Bertz CT molecular complexity index is 851. The molecule has 0 bridgehead atoms. The third kappa shape index (κ3) is 3.37. The van der Waals surface area contributed by atoms with Crippen LogP contribution in [-0.2, 0) is 14.3 Å². The fourth-order valence-corrected chi connectivity index (χ4v) is 6.22. The minimum Gasteiger partial charge on any atom is -0.462 e. The maximum Gasteiger partial charge on any atom is 0.398 e. The van der Waals surface area contributed by atoms with Gasteiger partial charge in [0, 0.05) is 15.9 Å². The highest BCUT2D eigenvalue weighted by atomic mass is 31.2. The van der Waals surface area contributed by atoms with Crippen LogP contribution in [0.15, 0.2) is 95.7 Å². The first-order valence-electron chi connectivity index (χ1n) is 8.10. The van der Waals surface area contributed by atoms with Crippen molar-refractivity contribution in [2.24, 2.45) is 4.74 Å². The molecule has 0 N–H and O–H groups in total. The number of hydrogen-bond acceptors (Lipinski definition) is 3. The van der Waals surface area contributed by atoms with E-state index in [4.69, 9.17) is 0 Å². The van der Waals surface area contributed by atoms with Gasteiger partial charge in [-0.25, -0.2) is 9.54 Å². The second-order valence-corrected chi connectivity index (χ2v) is 8.56. The molecule has 3 rings (SSSR count). The van der Waals surface area contributed by atoms with E-state index in [1.54, 1.807) is 0 Å². The number of rotatable bonds is 3. The van der Waals surface area contributed by atoms with Gasteiger partial charge in [0.2, 0.25) is 0 Å². The summed E-state index contributed by atoms with van der Waals surface area (Å²) in [5.74, 6) is -1.84. The fourth-order valence-electron chi connectivity index (χ4n) is 2.82. The summed E-state index contributed by atoms with van der Waals surface area (Å²) >= 11 is 0. The van der Waals surface area contributed by atoms with Crippen LogP contribution in [0.2, 0.25) is 0 Å². The van der Waals surface area contributed by atoms with Crippen LogP contribution in [0.4, 0.5) is 0 Å². The average molecular weight is 363 g/mol. The summed E-state index contributed by atoms with van der Waals surface area (Å²) in [6.07, 6.45) is 0. The summed E-state index contributed by atoms with van der Waals surface area (Å²) < 4.78 is 9.09. The van der Waals surface area contributed by atoms with E-state index in [2.05, 4.69) is 9.48 Å². The van der Waals surface area contributed by atoms with Crippen molar-refractivity contribution in [2.45, 2.75) is 0 Å². The minimum absolute atomic E-state index is 0.877. The zero-order valence-electron chi connectivity index (χ0n) is 14.3. The van der Waals surface area contributed by atoms with Crippen molar-refractivity contribution in [3.05, 3.63) is 91.0 Å². The number of amides is 1. The van der Waals surface area contributed by atoms with E-state index < -0.39 is 18.9 Å². The van der Waals surface area contributed by atoms with Gasteiger partial charge in [-0.05, 0) is 0 Å². The Morgan fingerprint density at radius 1 is 0.692 bits per heavy atom. The van der Waals surface area contributed by atoms with Gasteiger partial charge in [-0.1, -0.05) is 91.0 Å². The van der Waals surface area contributed by atoms with Crippen molar-refractivity contribution in [3.8, 4) is 0 Å². The Morgan fingerprint density at radius 2 is 1.04 bits per heavy atom. The molecule has 5 heteroatoms. The van der Waals surface area contributed by atoms with Crippen LogP contribution in [-0.4, -0.2) is 19.0 Å². The number of carbonyl (C=O) groups is 2. The third-order valence-electron chi connectivity index (χ3n) is 3.99. The molecule has 0 unspecified atom stereocenters. The monoisotopic (exact) mass is 363 g/mol. The van der Waals surface area contributed by atoms with Crippen LogP contribution >= 0.6 is 7.05 Å². The highest BCUT2D eigenvalue weighted by Gasteiger charge is 2.30. The molecule has 0 aromatic heterocycles. The predicted octanol–water partition coefficient (Wildman–Crippen LogP) is 2.86. The maximum absolute atomic E-state index is 12.5. The third-order valence-corrected chi connectivity index (χ3v) is 7.61. The van der Waals surface area contributed by atoms with Gasteiger partial charge >= 0.3 is 11.9 Å². The molecular formula is C21H18NO3P. The molecule has 0 radical (unpaired) electrons. The second kappa shape index (κ2) is 7.94. The van der Waals surface area contributed by atoms with Crippen molar-refractivity contribution < 1.29 is 14.3 Å². The minimum atomic E-state index is -2.70. The number of esters is 1. The molecular weight excluding hydrogens is 345 g/mol. The molecule has 0 heterocycles. The van der Waals surface area contributed by atoms with Gasteiger partial charge in [0.05, 0.1) is 14.2 Å². The topological polar surface area (TPSA) is 55.7 Å². The highest BCUT2D eigenvalue weighted by Crippen LogP contribution is 2.46. The Kier molecular flexibility index (Phi) is 5.45. The number of nitrogens with zero attached hydrogens (tertiary/aromatic N) is 1. The Balaban J connectivity index is 2.42. The van der Waals surface area contributed by atoms with Crippen LogP contribution < -0.4 is 15.9 Å². The van der Waals surface area contributed by atoms with Crippen molar-refractivity contribution in [2.75, 3.05) is 7.11 Å². The first-order chi connectivity index (χ1) is 12.7. The van der Waals surface area contributed by atoms with E-state index in [9.17, 15) is 9.59 Å². The van der Waals surface area contributed by atoms with E-state index in [-0.39, 0.29) is 0 Å². The smallest absolute Gasteiger partial charge is 0.398 e. The fraction of sp³-hybridized carbons (Fsp3) is 0.0476. The SMILES string of the molecule is COC(=O)C(=O)N=P(c1ccccc1)(c1ccccc1)c1ccccc1. The molecule has 4 nitrogen and oxygen atoms in total. The number of hydrogen-bond donors (Lipinski definition) is 0. The zero-order chi connectivity index (χ0) is 18.4. The lowest BCUT2D eigenvalue weighted by Gasteiger charge is -2.26. The first-order valence-corrected chi connectivity index (χ1v) is 9.84. The molecule has 1 amide bonds. The highest BCUT2D eigenvalue weighted by molar-refractivity contribution is 7.87. The maximum atomic E-state index is 12.5. The van der Waals surface area contributed by atoms with Crippen molar-refractivity contribution in [3.63, 3.8) is 0 Å². The lowest BCUT2D eigenvalue weighted by Crippen LogP contribution is -2.27. The molecule has 130 valence electrons. The van der Waals surface area contributed by atoms with Crippen LogP contribution in [0.5, 0.6) is 0 Å². The van der Waals surface area contributed by atoms with E-state index >= 15 is 0 Å². The Hall–Kier alpha value is -2.97. The van der Waals surface area contributed by atoms with Gasteiger partial charge in [-0.3, -0.25) is 4.79 Å². The largest absolute Gasteiger partial charge is 0.462 e. The molecule has 26 heavy (non-hydrogen) atoms. The normalized spacial score (nSPS) is 10.8. The zero-order valence-corrected chi connectivity index (χ0v) is 15.2. The number of ether oxygens (including phenoxy) is 1. The van der Waals surface area contributed by atoms with E-state index in [1.807, 2.05) is 91.0 Å².